The van der Waals surface area contributed by atoms with Crippen molar-refractivity contribution in [2.24, 2.45) is 5.73 Å². The number of hydrogen-bond acceptors (Lipinski definition) is 7. The van der Waals surface area contributed by atoms with Gasteiger partial charge in [-0.05, 0) is 24.6 Å². The van der Waals surface area contributed by atoms with E-state index in [0.717, 1.165) is 0 Å². The summed E-state index contributed by atoms with van der Waals surface area (Å²) in [6.45, 7) is 0.694. The first-order valence-electron chi connectivity index (χ1n) is 8.96. The van der Waals surface area contributed by atoms with Gasteiger partial charge in [0.1, 0.15) is 6.10 Å². The molecule has 1 saturated heterocycles. The molecular weight excluding hydrogens is 388 g/mol. The molecule has 1 atom stereocenters. The summed E-state index contributed by atoms with van der Waals surface area (Å²) in [6, 6.07) is 8.70. The molecule has 0 unspecified atom stereocenters. The maximum atomic E-state index is 11.6. The molecule has 10 heteroatoms. The van der Waals surface area contributed by atoms with Crippen LogP contribution in [0.15, 0.2) is 30.3 Å². The van der Waals surface area contributed by atoms with Crippen molar-refractivity contribution in [2.75, 3.05) is 20.7 Å². The van der Waals surface area contributed by atoms with Crippen molar-refractivity contribution in [2.45, 2.75) is 12.5 Å². The van der Waals surface area contributed by atoms with Crippen LogP contribution in [0.25, 0.3) is 16.7 Å². The van der Waals surface area contributed by atoms with E-state index in [1.165, 1.54) is 16.7 Å². The molecule has 3 N–H and O–H groups in total. The molecular formula is C20H20N6O4. The Bertz CT molecular complexity index is 1140. The van der Waals surface area contributed by atoms with Crippen LogP contribution in [0.5, 0.6) is 5.88 Å². The number of aliphatic hydroxyl groups is 1. The first kappa shape index (κ1) is 20.8. The number of primary amides is 1. The van der Waals surface area contributed by atoms with Crippen LogP contribution in [-0.2, 0) is 4.79 Å². The zero-order chi connectivity index (χ0) is 21.8. The van der Waals surface area contributed by atoms with Crippen molar-refractivity contribution in [1.82, 2.24) is 24.9 Å². The van der Waals surface area contributed by atoms with Gasteiger partial charge in [0, 0.05) is 25.2 Å². The maximum absolute atomic E-state index is 11.6. The van der Waals surface area contributed by atoms with Gasteiger partial charge in [-0.2, -0.15) is 5.10 Å². The Morgan fingerprint density at radius 3 is 2.67 bits per heavy atom. The molecule has 0 spiro atoms. The molecule has 0 bridgehead atoms. The van der Waals surface area contributed by atoms with Gasteiger partial charge in [0.15, 0.2) is 11.3 Å². The third kappa shape index (κ3) is 4.06. The largest absolute Gasteiger partial charge is 0.480 e. The van der Waals surface area contributed by atoms with E-state index in [2.05, 4.69) is 21.2 Å². The van der Waals surface area contributed by atoms with E-state index in [1.54, 1.807) is 37.4 Å². The Labute approximate surface area is 172 Å². The van der Waals surface area contributed by atoms with Crippen LogP contribution in [0.1, 0.15) is 22.5 Å². The molecule has 1 aliphatic heterocycles. The Morgan fingerprint density at radius 1 is 1.37 bits per heavy atom. The maximum Gasteiger partial charge on any atom is 0.269 e. The fourth-order valence-electron chi connectivity index (χ4n) is 2.89. The van der Waals surface area contributed by atoms with Crippen molar-refractivity contribution >= 4 is 22.8 Å². The second kappa shape index (κ2) is 8.59. The predicted molar refractivity (Wildman–Crippen MR) is 108 cm³/mol. The van der Waals surface area contributed by atoms with Gasteiger partial charge in [-0.1, -0.05) is 12.0 Å². The van der Waals surface area contributed by atoms with E-state index in [1.807, 2.05) is 0 Å². The topological polar surface area (TPSA) is 136 Å². The third-order valence-corrected chi connectivity index (χ3v) is 4.51. The first-order chi connectivity index (χ1) is 14.3. The second-order valence-electron chi connectivity index (χ2n) is 6.51. The lowest BCUT2D eigenvalue weighted by atomic mass is 10.2. The van der Waals surface area contributed by atoms with E-state index >= 15 is 0 Å². The van der Waals surface area contributed by atoms with Crippen molar-refractivity contribution in [1.29, 1.82) is 0 Å². The van der Waals surface area contributed by atoms with Gasteiger partial charge >= 0.3 is 0 Å². The molecule has 1 aromatic carbocycles. The van der Waals surface area contributed by atoms with Crippen molar-refractivity contribution in [3.05, 3.63) is 41.6 Å². The number of aromatic nitrogens is 4. The number of likely N-dealkylation sites (N-methyl/N-ethyl adjacent to an activating group) is 1. The number of ether oxygens (including phenoxy) is 1. The zero-order valence-electron chi connectivity index (χ0n) is 16.4. The van der Waals surface area contributed by atoms with Crippen LogP contribution >= 0.6 is 0 Å². The van der Waals surface area contributed by atoms with E-state index < -0.39 is 12.0 Å². The minimum absolute atomic E-state index is 0.0920. The van der Waals surface area contributed by atoms with Gasteiger partial charge in [-0.25, -0.2) is 4.68 Å². The molecule has 0 radical (unpaired) electrons. The number of benzene rings is 1. The molecule has 30 heavy (non-hydrogen) atoms. The number of terminal acetylenes is 1. The number of methoxy groups -OCH3 is 1. The van der Waals surface area contributed by atoms with Gasteiger partial charge in [0.25, 0.3) is 11.8 Å². The number of amides is 2. The first-order valence-corrected chi connectivity index (χ1v) is 8.96. The van der Waals surface area contributed by atoms with Crippen LogP contribution in [0.4, 0.5) is 0 Å². The molecule has 0 saturated carbocycles. The molecule has 10 nitrogen and oxygen atoms in total. The van der Waals surface area contributed by atoms with Gasteiger partial charge in [-0.3, -0.25) is 9.59 Å². The Balaban J connectivity index is 0.000000269. The highest BCUT2D eigenvalue weighted by molar-refractivity contribution is 6.03. The lowest BCUT2D eigenvalue weighted by molar-refractivity contribution is -0.133. The second-order valence-corrected chi connectivity index (χ2v) is 6.51. The normalized spacial score (nSPS) is 15.5. The predicted octanol–water partition coefficient (Wildman–Crippen LogP) is 0.114. The van der Waals surface area contributed by atoms with E-state index in [-0.39, 0.29) is 17.5 Å². The molecule has 154 valence electrons. The van der Waals surface area contributed by atoms with Gasteiger partial charge in [0.05, 0.1) is 18.2 Å². The van der Waals surface area contributed by atoms with Crippen molar-refractivity contribution in [3.8, 4) is 23.9 Å². The minimum atomic E-state index is -0.722. The lowest BCUT2D eigenvalue weighted by Crippen LogP contribution is -2.24. The van der Waals surface area contributed by atoms with Crippen molar-refractivity contribution in [3.63, 3.8) is 0 Å². The molecule has 0 aliphatic carbocycles. The monoisotopic (exact) mass is 408 g/mol. The summed E-state index contributed by atoms with van der Waals surface area (Å²) < 4.78 is 6.49. The quantitative estimate of drug-likeness (QED) is 0.587. The number of likely N-dealkylation sites (tertiary alicyclic amines) is 1. The number of nitrogens with zero attached hydrogens (tertiary/aromatic N) is 5. The van der Waals surface area contributed by atoms with E-state index in [0.29, 0.717) is 35.2 Å². The molecule has 4 rings (SSSR count). The molecule has 1 aliphatic rings. The van der Waals surface area contributed by atoms with Crippen LogP contribution in [0.2, 0.25) is 0 Å². The smallest absolute Gasteiger partial charge is 0.269 e. The number of aliphatic hydroxyl groups excluding tert-OH is 1. The third-order valence-electron chi connectivity index (χ3n) is 4.51. The summed E-state index contributed by atoms with van der Waals surface area (Å²) in [7, 11) is 3.15. The molecule has 2 aromatic heterocycles. The average Bonchev–Trinajstić information content (AvgIpc) is 3.29. The number of rotatable bonds is 3. The summed E-state index contributed by atoms with van der Waals surface area (Å²) in [4.78, 5) is 23.7. The molecule has 3 aromatic rings. The lowest BCUT2D eigenvalue weighted by Gasteiger charge is -2.04. The number of nitrogens with two attached hydrogens (primary N) is 1. The Hall–Kier alpha value is -3.97. The number of carbonyl (C=O) groups excluding carboxylic acids is 2. The Morgan fingerprint density at radius 2 is 2.13 bits per heavy atom. The average molecular weight is 408 g/mol. The fraction of sp³-hybridized carbons (Fsp3) is 0.250. The molecule has 3 heterocycles. The summed E-state index contributed by atoms with van der Waals surface area (Å²) in [6.07, 6.45) is 5.27. The summed E-state index contributed by atoms with van der Waals surface area (Å²) >= 11 is 0. The van der Waals surface area contributed by atoms with Crippen LogP contribution in [-0.4, -0.2) is 68.6 Å². The summed E-state index contributed by atoms with van der Waals surface area (Å²) in [5.74, 6) is 2.01. The Kier molecular flexibility index (Phi) is 5.94. The summed E-state index contributed by atoms with van der Waals surface area (Å²) in [5, 5.41) is 21.4. The fourth-order valence-corrected chi connectivity index (χ4v) is 2.89. The minimum Gasteiger partial charge on any atom is -0.480 e. The van der Waals surface area contributed by atoms with Crippen LogP contribution in [0.3, 0.4) is 0 Å². The zero-order valence-corrected chi connectivity index (χ0v) is 16.4. The van der Waals surface area contributed by atoms with E-state index in [4.69, 9.17) is 22.0 Å². The SMILES string of the molecule is C#Cc1cccc(-n2nc(C(N)=O)c3cc(OC)nnc32)c1.CN1CC[C@H](O)C1=O. The number of hydrogen-bond donors (Lipinski definition) is 2. The van der Waals surface area contributed by atoms with Crippen LogP contribution in [0, 0.1) is 12.3 Å². The molecule has 2 amide bonds. The standard InChI is InChI=1S/C15H11N5O2.C5H9NO2/c1-3-9-5-4-6-10(7-9)20-15-11(13(19-20)14(16)21)8-12(22-2)17-18-15;1-6-3-2-4(7)5(6)8/h1,4-8H,2H3,(H2,16,21);4,7H,2-3H2,1H3/t;4-/m.0/s1. The number of carbonyl (C=O) groups is 2. The molecule has 1 fully saturated rings. The van der Waals surface area contributed by atoms with Gasteiger partial charge in [-0.15, -0.1) is 16.6 Å². The highest BCUT2D eigenvalue weighted by Crippen LogP contribution is 2.23. The van der Waals surface area contributed by atoms with Crippen molar-refractivity contribution < 1.29 is 19.4 Å². The van der Waals surface area contributed by atoms with E-state index in [9.17, 15) is 9.59 Å². The number of fused-ring (bicyclic) bond motifs is 1. The van der Waals surface area contributed by atoms with Gasteiger partial charge < -0.3 is 20.5 Å². The highest BCUT2D eigenvalue weighted by Gasteiger charge is 2.26. The summed E-state index contributed by atoms with van der Waals surface area (Å²) in [5.41, 5.74) is 7.21. The highest BCUT2D eigenvalue weighted by atomic mass is 16.5. The van der Waals surface area contributed by atoms with Crippen LogP contribution < -0.4 is 10.5 Å². The van der Waals surface area contributed by atoms with Gasteiger partial charge in [0.2, 0.25) is 5.88 Å².